The largest absolute Gasteiger partial charge is 0.399 e. The number of hydrogen-bond acceptors (Lipinski definition) is 3. The van der Waals surface area contributed by atoms with E-state index in [4.69, 9.17) is 5.73 Å². The number of halogens is 2. The van der Waals surface area contributed by atoms with E-state index in [0.717, 1.165) is 12.1 Å². The zero-order valence-electron chi connectivity index (χ0n) is 10.7. The van der Waals surface area contributed by atoms with Gasteiger partial charge < -0.3 is 5.73 Å². The molecule has 0 saturated carbocycles. The second-order valence-electron chi connectivity index (χ2n) is 4.47. The van der Waals surface area contributed by atoms with Gasteiger partial charge in [0, 0.05) is 5.69 Å². The van der Waals surface area contributed by atoms with E-state index >= 15 is 0 Å². The molecular weight excluding hydrogens is 284 g/mol. The second-order valence-corrected chi connectivity index (χ2v) is 6.42. The minimum absolute atomic E-state index is 0.426. The minimum atomic E-state index is -3.98. The lowest BCUT2D eigenvalue weighted by Gasteiger charge is -2.10. The van der Waals surface area contributed by atoms with Gasteiger partial charge in [0.1, 0.15) is 16.5 Å². The summed E-state index contributed by atoms with van der Waals surface area (Å²) in [6, 6.07) is 7.23. The number of nitrogen functional groups attached to an aromatic ring is 1. The van der Waals surface area contributed by atoms with Crippen molar-refractivity contribution in [3.8, 4) is 0 Å². The van der Waals surface area contributed by atoms with Gasteiger partial charge in [-0.2, -0.15) is 0 Å². The Labute approximate surface area is 116 Å². The summed E-state index contributed by atoms with van der Waals surface area (Å²) in [5.74, 6) is -2.19. The molecule has 0 saturated heterocycles. The van der Waals surface area contributed by atoms with Gasteiger partial charge >= 0.3 is 0 Å². The van der Waals surface area contributed by atoms with Crippen LogP contribution in [0.4, 0.5) is 14.5 Å². The zero-order chi connectivity index (χ0) is 14.9. The summed E-state index contributed by atoms with van der Waals surface area (Å²) in [4.78, 5) is -0.640. The van der Waals surface area contributed by atoms with Crippen molar-refractivity contribution in [2.24, 2.45) is 0 Å². The topological polar surface area (TPSA) is 60.2 Å². The van der Waals surface area contributed by atoms with Crippen LogP contribution in [0.25, 0.3) is 0 Å². The Hall–Kier alpha value is -1.95. The van der Waals surface area contributed by atoms with Crippen LogP contribution in [0, 0.1) is 18.6 Å². The summed E-state index contributed by atoms with van der Waals surface area (Å²) >= 11 is 0. The van der Waals surface area contributed by atoms with E-state index < -0.39 is 32.1 Å². The molecule has 6 heteroatoms. The van der Waals surface area contributed by atoms with Gasteiger partial charge in [0.15, 0.2) is 9.84 Å². The molecule has 0 aliphatic heterocycles. The summed E-state index contributed by atoms with van der Waals surface area (Å²) < 4.78 is 51.1. The van der Waals surface area contributed by atoms with Crippen molar-refractivity contribution in [2.75, 3.05) is 5.73 Å². The first kappa shape index (κ1) is 14.5. The molecule has 20 heavy (non-hydrogen) atoms. The van der Waals surface area contributed by atoms with Crippen molar-refractivity contribution in [2.45, 2.75) is 17.6 Å². The predicted octanol–water partition coefficient (Wildman–Crippen LogP) is 2.83. The highest BCUT2D eigenvalue weighted by Crippen LogP contribution is 2.24. The number of benzene rings is 2. The number of sulfone groups is 1. The third-order valence-electron chi connectivity index (χ3n) is 3.06. The second kappa shape index (κ2) is 5.20. The molecule has 0 spiro atoms. The zero-order valence-corrected chi connectivity index (χ0v) is 11.5. The van der Waals surface area contributed by atoms with Crippen LogP contribution >= 0.6 is 0 Å². The van der Waals surface area contributed by atoms with E-state index in [1.165, 1.54) is 0 Å². The fourth-order valence-electron chi connectivity index (χ4n) is 1.86. The van der Waals surface area contributed by atoms with Gasteiger partial charge in [-0.3, -0.25) is 0 Å². The smallest absolute Gasteiger partial charge is 0.185 e. The molecule has 106 valence electrons. The predicted molar refractivity (Wildman–Crippen MR) is 72.8 cm³/mol. The lowest BCUT2D eigenvalue weighted by Crippen LogP contribution is -2.09. The molecule has 2 N–H and O–H groups in total. The molecule has 0 aromatic heterocycles. The maximum Gasteiger partial charge on any atom is 0.185 e. The first-order chi connectivity index (χ1) is 9.31. The fraction of sp³-hybridized carbons (Fsp3) is 0.143. The molecule has 0 fully saturated rings. The Kier molecular flexibility index (Phi) is 3.76. The van der Waals surface area contributed by atoms with E-state index in [1.807, 2.05) is 0 Å². The van der Waals surface area contributed by atoms with Crippen molar-refractivity contribution < 1.29 is 17.2 Å². The van der Waals surface area contributed by atoms with Gasteiger partial charge in [-0.05, 0) is 42.3 Å². The Morgan fingerprint density at radius 1 is 1.15 bits per heavy atom. The quantitative estimate of drug-likeness (QED) is 0.886. The van der Waals surface area contributed by atoms with Gasteiger partial charge in [0.25, 0.3) is 0 Å². The van der Waals surface area contributed by atoms with Crippen LogP contribution in [0.3, 0.4) is 0 Å². The first-order valence-electron chi connectivity index (χ1n) is 5.83. The van der Waals surface area contributed by atoms with Gasteiger partial charge in [0.2, 0.25) is 0 Å². The van der Waals surface area contributed by atoms with E-state index in [1.54, 1.807) is 25.1 Å². The van der Waals surface area contributed by atoms with Gasteiger partial charge in [0.05, 0.1) is 5.75 Å². The van der Waals surface area contributed by atoms with Gasteiger partial charge in [-0.25, -0.2) is 17.2 Å². The highest BCUT2D eigenvalue weighted by atomic mass is 32.2. The molecule has 2 aromatic carbocycles. The number of nitrogens with two attached hydrogens (primary N) is 1. The van der Waals surface area contributed by atoms with Crippen LogP contribution in [-0.4, -0.2) is 8.42 Å². The van der Waals surface area contributed by atoms with Crippen molar-refractivity contribution >= 4 is 15.5 Å². The normalized spacial score (nSPS) is 11.6. The first-order valence-corrected chi connectivity index (χ1v) is 7.48. The highest BCUT2D eigenvalue weighted by molar-refractivity contribution is 7.90. The van der Waals surface area contributed by atoms with Crippen molar-refractivity contribution in [1.82, 2.24) is 0 Å². The molecule has 0 unspecified atom stereocenters. The Bertz CT molecular complexity index is 758. The molecule has 2 aromatic rings. The summed E-state index contributed by atoms with van der Waals surface area (Å²) in [6.45, 7) is 1.68. The van der Waals surface area contributed by atoms with E-state index in [2.05, 4.69) is 0 Å². The number of anilines is 1. The van der Waals surface area contributed by atoms with Crippen LogP contribution in [-0.2, 0) is 15.6 Å². The summed E-state index contributed by atoms with van der Waals surface area (Å²) in [7, 11) is -3.98. The molecule has 0 atom stereocenters. The number of rotatable bonds is 3. The SMILES string of the molecule is Cc1c(N)cccc1CS(=O)(=O)c1cc(F)ccc1F. The van der Waals surface area contributed by atoms with Crippen molar-refractivity contribution in [3.63, 3.8) is 0 Å². The maximum absolute atomic E-state index is 13.6. The molecule has 0 amide bonds. The number of hydrogen-bond donors (Lipinski definition) is 1. The van der Waals surface area contributed by atoms with E-state index in [0.29, 0.717) is 22.9 Å². The molecule has 0 aliphatic rings. The van der Waals surface area contributed by atoms with Crippen LogP contribution in [0.15, 0.2) is 41.3 Å². The Balaban J connectivity index is 2.46. The highest BCUT2D eigenvalue weighted by Gasteiger charge is 2.21. The summed E-state index contributed by atoms with van der Waals surface area (Å²) in [5.41, 5.74) is 7.24. The lowest BCUT2D eigenvalue weighted by molar-refractivity contribution is 0.552. The van der Waals surface area contributed by atoms with Crippen LogP contribution in [0.2, 0.25) is 0 Å². The lowest BCUT2D eigenvalue weighted by atomic mass is 10.1. The molecule has 3 nitrogen and oxygen atoms in total. The average Bonchev–Trinajstić information content (AvgIpc) is 2.37. The minimum Gasteiger partial charge on any atom is -0.399 e. The molecule has 0 aliphatic carbocycles. The molecular formula is C14H13F2NO2S. The monoisotopic (exact) mass is 297 g/mol. The fourth-order valence-corrected chi connectivity index (χ4v) is 3.39. The van der Waals surface area contributed by atoms with E-state index in [9.17, 15) is 17.2 Å². The Morgan fingerprint density at radius 3 is 2.55 bits per heavy atom. The average molecular weight is 297 g/mol. The van der Waals surface area contributed by atoms with Crippen molar-refractivity contribution in [1.29, 1.82) is 0 Å². The maximum atomic E-state index is 13.6. The Morgan fingerprint density at radius 2 is 1.85 bits per heavy atom. The molecule has 0 bridgehead atoms. The van der Waals surface area contributed by atoms with Crippen LogP contribution < -0.4 is 5.73 Å². The summed E-state index contributed by atoms with van der Waals surface area (Å²) in [6.07, 6.45) is 0. The van der Waals surface area contributed by atoms with Gasteiger partial charge in [-0.15, -0.1) is 0 Å². The molecule has 0 heterocycles. The summed E-state index contributed by atoms with van der Waals surface area (Å²) in [5, 5.41) is 0. The standard InChI is InChI=1S/C14H13F2NO2S/c1-9-10(3-2-4-13(9)17)8-20(18,19)14-7-11(15)5-6-12(14)16/h2-7H,8,17H2,1H3. The van der Waals surface area contributed by atoms with Gasteiger partial charge in [-0.1, -0.05) is 12.1 Å². The van der Waals surface area contributed by atoms with Crippen LogP contribution in [0.5, 0.6) is 0 Å². The molecule has 0 radical (unpaired) electrons. The third-order valence-corrected chi connectivity index (χ3v) is 4.74. The van der Waals surface area contributed by atoms with Crippen LogP contribution in [0.1, 0.15) is 11.1 Å². The van der Waals surface area contributed by atoms with E-state index in [-0.39, 0.29) is 0 Å². The third kappa shape index (κ3) is 2.80. The van der Waals surface area contributed by atoms with Crippen molar-refractivity contribution in [3.05, 3.63) is 59.2 Å². The molecule has 2 rings (SSSR count).